The molecular formula is C27H29N3O3. The number of hydrogen-bond acceptors (Lipinski definition) is 4. The lowest BCUT2D eigenvalue weighted by Gasteiger charge is -2.35. The first kappa shape index (κ1) is 22.7. The molecule has 2 amide bonds. The van der Waals surface area contributed by atoms with Crippen molar-refractivity contribution in [1.82, 2.24) is 10.2 Å². The molecule has 0 bridgehead atoms. The zero-order chi connectivity index (χ0) is 23.0. The van der Waals surface area contributed by atoms with Gasteiger partial charge in [0.1, 0.15) is 0 Å². The molecule has 1 fully saturated rings. The van der Waals surface area contributed by atoms with E-state index < -0.39 is 0 Å². The summed E-state index contributed by atoms with van der Waals surface area (Å²) >= 11 is 0. The molecular weight excluding hydrogens is 414 g/mol. The maximum Gasteiger partial charge on any atom is 0.255 e. The molecule has 6 nitrogen and oxygen atoms in total. The molecule has 0 spiro atoms. The Morgan fingerprint density at radius 2 is 1.64 bits per heavy atom. The van der Waals surface area contributed by atoms with Gasteiger partial charge < -0.3 is 15.4 Å². The average molecular weight is 444 g/mol. The van der Waals surface area contributed by atoms with Gasteiger partial charge in [-0.2, -0.15) is 0 Å². The number of nitrogens with one attached hydrogen (secondary N) is 2. The summed E-state index contributed by atoms with van der Waals surface area (Å²) in [5.41, 5.74) is 3.82. The fourth-order valence-corrected chi connectivity index (χ4v) is 4.08. The van der Waals surface area contributed by atoms with Gasteiger partial charge in [-0.1, -0.05) is 60.2 Å². The quantitative estimate of drug-likeness (QED) is 0.578. The molecule has 4 rings (SSSR count). The second-order valence-corrected chi connectivity index (χ2v) is 8.15. The highest BCUT2D eigenvalue weighted by molar-refractivity contribution is 6.08. The molecule has 1 aliphatic rings. The molecule has 6 heteroatoms. The van der Waals surface area contributed by atoms with Gasteiger partial charge in [0.15, 0.2) is 0 Å². The van der Waals surface area contributed by atoms with Crippen LogP contribution >= 0.6 is 0 Å². The van der Waals surface area contributed by atoms with E-state index in [0.717, 1.165) is 13.1 Å². The summed E-state index contributed by atoms with van der Waals surface area (Å²) in [6.07, 6.45) is 0. The molecule has 1 atom stereocenters. The lowest BCUT2D eigenvalue weighted by atomic mass is 10.0. The summed E-state index contributed by atoms with van der Waals surface area (Å²) in [6, 6.07) is 24.5. The fourth-order valence-electron chi connectivity index (χ4n) is 4.08. The van der Waals surface area contributed by atoms with Crippen LogP contribution in [-0.2, 0) is 4.74 Å². The lowest BCUT2D eigenvalue weighted by Crippen LogP contribution is -2.44. The molecule has 1 unspecified atom stereocenters. The van der Waals surface area contributed by atoms with E-state index in [4.69, 9.17) is 4.74 Å². The number of rotatable bonds is 7. The Balaban J connectivity index is 1.49. The zero-order valence-corrected chi connectivity index (χ0v) is 18.8. The first-order chi connectivity index (χ1) is 16.1. The van der Waals surface area contributed by atoms with Crippen molar-refractivity contribution in [2.75, 3.05) is 38.2 Å². The fraction of sp³-hybridized carbons (Fsp3) is 0.259. The molecule has 33 heavy (non-hydrogen) atoms. The third-order valence-corrected chi connectivity index (χ3v) is 5.83. The van der Waals surface area contributed by atoms with Crippen molar-refractivity contribution >= 4 is 17.5 Å². The average Bonchev–Trinajstić information content (AvgIpc) is 2.85. The van der Waals surface area contributed by atoms with Gasteiger partial charge in [0.2, 0.25) is 0 Å². The molecule has 1 saturated heterocycles. The molecule has 0 aromatic heterocycles. The smallest absolute Gasteiger partial charge is 0.255 e. The molecule has 2 N–H and O–H groups in total. The largest absolute Gasteiger partial charge is 0.379 e. The summed E-state index contributed by atoms with van der Waals surface area (Å²) < 4.78 is 5.52. The number of hydrogen-bond donors (Lipinski definition) is 2. The second kappa shape index (κ2) is 10.9. The topological polar surface area (TPSA) is 70.7 Å². The first-order valence-corrected chi connectivity index (χ1v) is 11.2. The van der Waals surface area contributed by atoms with Crippen LogP contribution in [0.5, 0.6) is 0 Å². The maximum absolute atomic E-state index is 13.2. The van der Waals surface area contributed by atoms with E-state index in [1.165, 1.54) is 11.1 Å². The maximum atomic E-state index is 13.2. The van der Waals surface area contributed by atoms with Gasteiger partial charge in [0.25, 0.3) is 11.8 Å². The summed E-state index contributed by atoms with van der Waals surface area (Å²) in [7, 11) is 0. The highest BCUT2D eigenvalue weighted by Gasteiger charge is 2.24. The van der Waals surface area contributed by atoms with Crippen molar-refractivity contribution in [2.24, 2.45) is 0 Å². The molecule has 0 aliphatic carbocycles. The number of aryl methyl sites for hydroxylation is 1. The van der Waals surface area contributed by atoms with E-state index in [1.54, 1.807) is 36.4 Å². The normalized spacial score (nSPS) is 14.9. The standard InChI is InChI=1S/C27H29N3O3/c1-20-8-7-11-22(18-20)25(30-14-16-33-17-15-30)19-28-27(32)23-12-5-6-13-24(23)29-26(31)21-9-3-2-4-10-21/h2-13,18,25H,14-17,19H2,1H3,(H,28,32)(H,29,31). The number of amides is 2. The highest BCUT2D eigenvalue weighted by atomic mass is 16.5. The zero-order valence-electron chi connectivity index (χ0n) is 18.8. The van der Waals surface area contributed by atoms with Gasteiger partial charge in [-0.3, -0.25) is 14.5 Å². The Hall–Kier alpha value is -3.48. The summed E-state index contributed by atoms with van der Waals surface area (Å²) in [6.45, 7) is 5.54. The first-order valence-electron chi connectivity index (χ1n) is 11.2. The van der Waals surface area contributed by atoms with Gasteiger partial charge in [0, 0.05) is 25.2 Å². The number of carbonyl (C=O) groups excluding carboxylic acids is 2. The van der Waals surface area contributed by atoms with E-state index in [0.29, 0.717) is 36.6 Å². The van der Waals surface area contributed by atoms with Gasteiger partial charge >= 0.3 is 0 Å². The van der Waals surface area contributed by atoms with Crippen molar-refractivity contribution in [3.8, 4) is 0 Å². The summed E-state index contributed by atoms with van der Waals surface area (Å²) in [5.74, 6) is -0.466. The summed E-state index contributed by atoms with van der Waals surface area (Å²) in [4.78, 5) is 28.1. The van der Waals surface area contributed by atoms with Crippen molar-refractivity contribution < 1.29 is 14.3 Å². The second-order valence-electron chi connectivity index (χ2n) is 8.15. The Bertz CT molecular complexity index is 1090. The molecule has 1 aliphatic heterocycles. The van der Waals surface area contributed by atoms with Crippen molar-refractivity contribution in [1.29, 1.82) is 0 Å². The minimum atomic E-state index is -0.248. The van der Waals surface area contributed by atoms with Crippen LogP contribution in [-0.4, -0.2) is 49.6 Å². The van der Waals surface area contributed by atoms with Crippen molar-refractivity contribution in [3.05, 3.63) is 101 Å². The Labute approximate surface area is 194 Å². The van der Waals surface area contributed by atoms with Crippen LogP contribution < -0.4 is 10.6 Å². The van der Waals surface area contributed by atoms with E-state index in [-0.39, 0.29) is 17.9 Å². The van der Waals surface area contributed by atoms with Crippen LogP contribution in [0.3, 0.4) is 0 Å². The number of morpholine rings is 1. The van der Waals surface area contributed by atoms with Crippen molar-refractivity contribution in [3.63, 3.8) is 0 Å². The van der Waals surface area contributed by atoms with Gasteiger partial charge in [0.05, 0.1) is 30.5 Å². The van der Waals surface area contributed by atoms with Gasteiger partial charge in [-0.05, 0) is 36.8 Å². The summed E-state index contributed by atoms with van der Waals surface area (Å²) in [5, 5.41) is 5.97. The van der Waals surface area contributed by atoms with Crippen LogP contribution in [0.1, 0.15) is 37.9 Å². The van der Waals surface area contributed by atoms with Gasteiger partial charge in [-0.15, -0.1) is 0 Å². The molecule has 3 aromatic carbocycles. The number of para-hydroxylation sites is 1. The Kier molecular flexibility index (Phi) is 7.50. The molecule has 3 aromatic rings. The van der Waals surface area contributed by atoms with Crippen LogP contribution in [0, 0.1) is 6.92 Å². The van der Waals surface area contributed by atoms with Crippen LogP contribution in [0.4, 0.5) is 5.69 Å². The third kappa shape index (κ3) is 5.86. The SMILES string of the molecule is Cc1cccc(C(CNC(=O)c2ccccc2NC(=O)c2ccccc2)N2CCOCC2)c1. The van der Waals surface area contributed by atoms with Crippen LogP contribution in [0.25, 0.3) is 0 Å². The highest BCUT2D eigenvalue weighted by Crippen LogP contribution is 2.23. The molecule has 0 radical (unpaired) electrons. The van der Waals surface area contributed by atoms with E-state index in [2.05, 4.69) is 40.7 Å². The predicted octanol–water partition coefficient (Wildman–Crippen LogP) is 4.05. The lowest BCUT2D eigenvalue weighted by molar-refractivity contribution is 0.0162. The van der Waals surface area contributed by atoms with E-state index >= 15 is 0 Å². The Morgan fingerprint density at radius 3 is 2.39 bits per heavy atom. The van der Waals surface area contributed by atoms with E-state index in [9.17, 15) is 9.59 Å². The minimum Gasteiger partial charge on any atom is -0.379 e. The molecule has 1 heterocycles. The van der Waals surface area contributed by atoms with Crippen molar-refractivity contribution in [2.45, 2.75) is 13.0 Å². The predicted molar refractivity (Wildman–Crippen MR) is 129 cm³/mol. The van der Waals surface area contributed by atoms with Crippen LogP contribution in [0.2, 0.25) is 0 Å². The monoisotopic (exact) mass is 443 g/mol. The number of anilines is 1. The third-order valence-electron chi connectivity index (χ3n) is 5.83. The van der Waals surface area contributed by atoms with E-state index in [1.807, 2.05) is 24.3 Å². The Morgan fingerprint density at radius 1 is 0.909 bits per heavy atom. The number of carbonyl (C=O) groups is 2. The number of ether oxygens (including phenoxy) is 1. The number of benzene rings is 3. The minimum absolute atomic E-state index is 0.0452. The molecule has 0 saturated carbocycles. The number of nitrogens with zero attached hydrogens (tertiary/aromatic N) is 1. The molecule has 170 valence electrons. The van der Waals surface area contributed by atoms with Crippen LogP contribution in [0.15, 0.2) is 78.9 Å². The van der Waals surface area contributed by atoms with Gasteiger partial charge in [-0.25, -0.2) is 0 Å².